The van der Waals surface area contributed by atoms with Crippen LogP contribution < -0.4 is 0 Å². The molecule has 0 aliphatic carbocycles. The van der Waals surface area contributed by atoms with Crippen LogP contribution in [0.25, 0.3) is 0 Å². The summed E-state index contributed by atoms with van der Waals surface area (Å²) in [6.07, 6.45) is 0. The average Bonchev–Trinajstić information content (AvgIpc) is 2.43. The van der Waals surface area contributed by atoms with Crippen molar-refractivity contribution < 1.29 is 18.3 Å². The summed E-state index contributed by atoms with van der Waals surface area (Å²) in [7, 11) is -3.58. The molecule has 2 rings (SSSR count). The number of aromatic carboxylic acids is 1. The van der Waals surface area contributed by atoms with Crippen molar-refractivity contribution in [2.24, 2.45) is 0 Å². The van der Waals surface area contributed by atoms with Gasteiger partial charge in [-0.05, 0) is 42.0 Å². The smallest absolute Gasteiger partial charge is 0.335 e. The third kappa shape index (κ3) is 3.75. The van der Waals surface area contributed by atoms with Crippen LogP contribution in [0.2, 0.25) is 10.0 Å². The maximum absolute atomic E-state index is 12.3. The van der Waals surface area contributed by atoms with E-state index in [1.807, 2.05) is 0 Å². The normalized spacial score (nSPS) is 11.3. The van der Waals surface area contributed by atoms with E-state index < -0.39 is 15.8 Å². The second-order valence-electron chi connectivity index (χ2n) is 4.34. The Morgan fingerprint density at radius 1 is 1.00 bits per heavy atom. The van der Waals surface area contributed by atoms with Gasteiger partial charge in [0.2, 0.25) is 0 Å². The number of rotatable bonds is 4. The molecule has 0 aromatic heterocycles. The zero-order chi connectivity index (χ0) is 15.6. The standard InChI is InChI=1S/C14H10Cl2O4S/c15-12-6-1-9(7-13(12)16)8-21(19,20)11-4-2-10(3-5-11)14(17)18/h1-7H,8H2,(H,17,18). The predicted octanol–water partition coefficient (Wildman–Crippen LogP) is 3.67. The van der Waals surface area contributed by atoms with E-state index in [4.69, 9.17) is 28.3 Å². The number of hydrogen-bond donors (Lipinski definition) is 1. The Morgan fingerprint density at radius 3 is 2.14 bits per heavy atom. The second-order valence-corrected chi connectivity index (χ2v) is 7.14. The summed E-state index contributed by atoms with van der Waals surface area (Å²) in [6, 6.07) is 9.66. The fourth-order valence-corrected chi connectivity index (χ4v) is 3.39. The molecule has 0 aliphatic rings. The molecule has 0 fully saturated rings. The van der Waals surface area contributed by atoms with Crippen molar-refractivity contribution in [3.05, 3.63) is 63.6 Å². The zero-order valence-electron chi connectivity index (χ0n) is 10.6. The van der Waals surface area contributed by atoms with E-state index in [0.717, 1.165) is 0 Å². The Labute approximate surface area is 131 Å². The quantitative estimate of drug-likeness (QED) is 0.918. The summed E-state index contributed by atoms with van der Waals surface area (Å²) in [4.78, 5) is 10.8. The highest BCUT2D eigenvalue weighted by Gasteiger charge is 2.16. The van der Waals surface area contributed by atoms with Crippen molar-refractivity contribution in [3.63, 3.8) is 0 Å². The van der Waals surface area contributed by atoms with Gasteiger partial charge in [0.05, 0.1) is 26.3 Å². The van der Waals surface area contributed by atoms with Gasteiger partial charge in [-0.1, -0.05) is 29.3 Å². The largest absolute Gasteiger partial charge is 0.478 e. The fourth-order valence-electron chi connectivity index (χ4n) is 1.74. The first kappa shape index (κ1) is 15.8. The van der Waals surface area contributed by atoms with E-state index >= 15 is 0 Å². The number of carboxylic acids is 1. The second kappa shape index (κ2) is 6.05. The predicted molar refractivity (Wildman–Crippen MR) is 80.8 cm³/mol. The summed E-state index contributed by atoms with van der Waals surface area (Å²) >= 11 is 11.6. The Balaban J connectivity index is 2.29. The van der Waals surface area contributed by atoms with Crippen LogP contribution in [0, 0.1) is 0 Å². The SMILES string of the molecule is O=C(O)c1ccc(S(=O)(=O)Cc2ccc(Cl)c(Cl)c2)cc1. The fraction of sp³-hybridized carbons (Fsp3) is 0.0714. The lowest BCUT2D eigenvalue weighted by Crippen LogP contribution is -2.06. The molecule has 0 spiro atoms. The van der Waals surface area contributed by atoms with E-state index in [-0.39, 0.29) is 21.2 Å². The van der Waals surface area contributed by atoms with Gasteiger partial charge in [0, 0.05) is 0 Å². The maximum atomic E-state index is 12.3. The molecule has 0 saturated heterocycles. The Bertz CT molecular complexity index is 783. The van der Waals surface area contributed by atoms with Crippen LogP contribution in [-0.4, -0.2) is 19.5 Å². The molecule has 0 unspecified atom stereocenters. The first-order valence-electron chi connectivity index (χ1n) is 5.79. The van der Waals surface area contributed by atoms with Crippen LogP contribution in [0.1, 0.15) is 15.9 Å². The van der Waals surface area contributed by atoms with E-state index in [2.05, 4.69) is 0 Å². The maximum Gasteiger partial charge on any atom is 0.335 e. The lowest BCUT2D eigenvalue weighted by atomic mass is 10.2. The van der Waals surface area contributed by atoms with Crippen molar-refractivity contribution in [2.75, 3.05) is 0 Å². The molecule has 4 nitrogen and oxygen atoms in total. The first-order valence-corrected chi connectivity index (χ1v) is 8.20. The number of halogens is 2. The zero-order valence-corrected chi connectivity index (χ0v) is 12.9. The Morgan fingerprint density at radius 2 is 1.62 bits per heavy atom. The van der Waals surface area contributed by atoms with Crippen LogP contribution in [0.3, 0.4) is 0 Å². The van der Waals surface area contributed by atoms with Gasteiger partial charge in [-0.15, -0.1) is 0 Å². The minimum atomic E-state index is -3.58. The van der Waals surface area contributed by atoms with Gasteiger partial charge in [-0.2, -0.15) is 0 Å². The lowest BCUT2D eigenvalue weighted by molar-refractivity contribution is 0.0696. The molecule has 0 radical (unpaired) electrons. The summed E-state index contributed by atoms with van der Waals surface area (Å²) in [5.74, 6) is -1.35. The van der Waals surface area contributed by atoms with Gasteiger partial charge in [-0.25, -0.2) is 13.2 Å². The minimum Gasteiger partial charge on any atom is -0.478 e. The van der Waals surface area contributed by atoms with Crippen LogP contribution in [0.15, 0.2) is 47.4 Å². The molecular weight excluding hydrogens is 335 g/mol. The number of hydrogen-bond acceptors (Lipinski definition) is 3. The third-order valence-electron chi connectivity index (χ3n) is 2.80. The molecule has 2 aromatic rings. The van der Waals surface area contributed by atoms with Crippen LogP contribution in [0.5, 0.6) is 0 Å². The molecular formula is C14H10Cl2O4S. The van der Waals surface area contributed by atoms with Gasteiger partial charge in [0.25, 0.3) is 0 Å². The molecule has 1 N–H and O–H groups in total. The molecule has 110 valence electrons. The monoisotopic (exact) mass is 344 g/mol. The third-order valence-corrected chi connectivity index (χ3v) is 5.24. The van der Waals surface area contributed by atoms with Gasteiger partial charge >= 0.3 is 5.97 Å². The molecule has 0 aliphatic heterocycles. The molecule has 2 aromatic carbocycles. The number of carbonyl (C=O) groups is 1. The van der Waals surface area contributed by atoms with Crippen molar-refractivity contribution in [2.45, 2.75) is 10.6 Å². The van der Waals surface area contributed by atoms with Crippen LogP contribution in [0.4, 0.5) is 0 Å². The topological polar surface area (TPSA) is 71.4 Å². The van der Waals surface area contributed by atoms with Crippen LogP contribution in [-0.2, 0) is 15.6 Å². The van der Waals surface area contributed by atoms with Gasteiger partial charge < -0.3 is 5.11 Å². The summed E-state index contributed by atoms with van der Waals surface area (Å²) in [5, 5.41) is 9.43. The van der Waals surface area contributed by atoms with Crippen LogP contribution >= 0.6 is 23.2 Å². The van der Waals surface area contributed by atoms with E-state index in [0.29, 0.717) is 10.6 Å². The van der Waals surface area contributed by atoms with Crippen molar-refractivity contribution in [3.8, 4) is 0 Å². The highest BCUT2D eigenvalue weighted by Crippen LogP contribution is 2.25. The Hall–Kier alpha value is -1.56. The molecule has 0 saturated carbocycles. The summed E-state index contributed by atoms with van der Waals surface area (Å²) in [6.45, 7) is 0. The van der Waals surface area contributed by atoms with Gasteiger partial charge in [0.15, 0.2) is 9.84 Å². The van der Waals surface area contributed by atoms with Gasteiger partial charge in [0.1, 0.15) is 0 Å². The first-order chi connectivity index (χ1) is 9.79. The van der Waals surface area contributed by atoms with E-state index in [9.17, 15) is 13.2 Å². The number of carboxylic acid groups (broad SMARTS) is 1. The summed E-state index contributed by atoms with van der Waals surface area (Å²) < 4.78 is 24.5. The molecule has 0 heterocycles. The molecule has 7 heteroatoms. The summed E-state index contributed by atoms with van der Waals surface area (Å²) in [5.41, 5.74) is 0.537. The number of benzene rings is 2. The molecule has 0 amide bonds. The minimum absolute atomic E-state index is 0.0310. The van der Waals surface area contributed by atoms with E-state index in [1.165, 1.54) is 36.4 Å². The van der Waals surface area contributed by atoms with Crippen molar-refractivity contribution in [1.29, 1.82) is 0 Å². The van der Waals surface area contributed by atoms with Crippen molar-refractivity contribution in [1.82, 2.24) is 0 Å². The Kier molecular flexibility index (Phi) is 4.56. The van der Waals surface area contributed by atoms with Gasteiger partial charge in [-0.3, -0.25) is 0 Å². The lowest BCUT2D eigenvalue weighted by Gasteiger charge is -2.06. The molecule has 0 atom stereocenters. The average molecular weight is 345 g/mol. The number of sulfone groups is 1. The molecule has 21 heavy (non-hydrogen) atoms. The molecule has 0 bridgehead atoms. The highest BCUT2D eigenvalue weighted by molar-refractivity contribution is 7.90. The van der Waals surface area contributed by atoms with E-state index in [1.54, 1.807) is 6.07 Å². The highest BCUT2D eigenvalue weighted by atomic mass is 35.5. The van der Waals surface area contributed by atoms with Crippen molar-refractivity contribution >= 4 is 39.0 Å².